The van der Waals surface area contributed by atoms with Gasteiger partial charge >= 0.3 is 0 Å². The Morgan fingerprint density at radius 1 is 1.10 bits per heavy atom. The highest BCUT2D eigenvalue weighted by Crippen LogP contribution is 2.29. The monoisotopic (exact) mass is 416 g/mol. The number of hydrazone groups is 1. The van der Waals surface area contributed by atoms with Gasteiger partial charge in [-0.2, -0.15) is 10.4 Å². The van der Waals surface area contributed by atoms with E-state index in [1.54, 1.807) is 36.5 Å². The molecule has 3 rings (SSSR count). The van der Waals surface area contributed by atoms with Crippen LogP contribution in [0.4, 0.5) is 11.4 Å². The predicted octanol–water partition coefficient (Wildman–Crippen LogP) is 4.89. The number of hydrogen-bond donors (Lipinski definition) is 1. The SMILES string of the molecule is CCOc1cc(C=NNc2ccc([N+](=O)[O-])cc2)ccc1OCc1ccccc1C#N. The zero-order chi connectivity index (χ0) is 22.1. The smallest absolute Gasteiger partial charge is 0.269 e. The summed E-state index contributed by atoms with van der Waals surface area (Å²) in [5, 5.41) is 24.1. The van der Waals surface area contributed by atoms with Crippen molar-refractivity contribution in [1.29, 1.82) is 5.26 Å². The molecule has 0 amide bonds. The molecule has 3 aromatic rings. The molecule has 0 aliphatic carbocycles. The average Bonchev–Trinajstić information content (AvgIpc) is 2.79. The van der Waals surface area contributed by atoms with Gasteiger partial charge in [0.05, 0.1) is 35.1 Å². The number of hydrogen-bond acceptors (Lipinski definition) is 7. The zero-order valence-corrected chi connectivity index (χ0v) is 16.8. The predicted molar refractivity (Wildman–Crippen MR) is 117 cm³/mol. The molecule has 3 aromatic carbocycles. The molecule has 0 bridgehead atoms. The lowest BCUT2D eigenvalue weighted by Gasteiger charge is -2.13. The minimum atomic E-state index is -0.454. The minimum absolute atomic E-state index is 0.0175. The van der Waals surface area contributed by atoms with Gasteiger partial charge in [0.15, 0.2) is 11.5 Å². The normalized spacial score (nSPS) is 10.5. The first-order valence-electron chi connectivity index (χ1n) is 9.52. The Kier molecular flexibility index (Phi) is 7.16. The van der Waals surface area contributed by atoms with Gasteiger partial charge in [0.25, 0.3) is 5.69 Å². The fraction of sp³-hybridized carbons (Fsp3) is 0.130. The van der Waals surface area contributed by atoms with Crippen LogP contribution in [0.2, 0.25) is 0 Å². The van der Waals surface area contributed by atoms with Crippen molar-refractivity contribution in [2.75, 3.05) is 12.0 Å². The molecule has 0 aliphatic heterocycles. The molecule has 0 saturated heterocycles. The Morgan fingerprint density at radius 2 is 1.87 bits per heavy atom. The van der Waals surface area contributed by atoms with Crippen LogP contribution in [0.1, 0.15) is 23.6 Å². The van der Waals surface area contributed by atoms with Crippen LogP contribution in [0.25, 0.3) is 0 Å². The summed E-state index contributed by atoms with van der Waals surface area (Å²) < 4.78 is 11.6. The first-order valence-corrected chi connectivity index (χ1v) is 9.52. The van der Waals surface area contributed by atoms with Gasteiger partial charge in [-0.1, -0.05) is 18.2 Å². The van der Waals surface area contributed by atoms with Gasteiger partial charge in [0, 0.05) is 17.7 Å². The third-order valence-corrected chi connectivity index (χ3v) is 4.27. The molecule has 0 aliphatic rings. The van der Waals surface area contributed by atoms with Crippen molar-refractivity contribution in [3.8, 4) is 17.6 Å². The van der Waals surface area contributed by atoms with Crippen LogP contribution in [0, 0.1) is 21.4 Å². The molecular weight excluding hydrogens is 396 g/mol. The fourth-order valence-corrected chi connectivity index (χ4v) is 2.74. The van der Waals surface area contributed by atoms with E-state index < -0.39 is 4.92 Å². The van der Waals surface area contributed by atoms with Crippen LogP contribution in [0.3, 0.4) is 0 Å². The van der Waals surface area contributed by atoms with Gasteiger partial charge in [0.2, 0.25) is 0 Å². The number of benzene rings is 3. The second-order valence-corrected chi connectivity index (χ2v) is 6.37. The summed E-state index contributed by atoms with van der Waals surface area (Å²) in [6.45, 7) is 2.59. The zero-order valence-electron chi connectivity index (χ0n) is 16.8. The Bertz CT molecular complexity index is 1120. The van der Waals surface area contributed by atoms with E-state index in [-0.39, 0.29) is 12.3 Å². The summed E-state index contributed by atoms with van der Waals surface area (Å²) in [4.78, 5) is 10.2. The van der Waals surface area contributed by atoms with Gasteiger partial charge in [0.1, 0.15) is 6.61 Å². The fourth-order valence-electron chi connectivity index (χ4n) is 2.74. The number of ether oxygens (including phenoxy) is 2. The van der Waals surface area contributed by atoms with Crippen molar-refractivity contribution in [1.82, 2.24) is 0 Å². The Hall–Kier alpha value is -4.38. The maximum atomic E-state index is 10.7. The number of rotatable bonds is 9. The van der Waals surface area contributed by atoms with Gasteiger partial charge in [-0.25, -0.2) is 0 Å². The van der Waals surface area contributed by atoms with Gasteiger partial charge in [-0.05, 0) is 48.9 Å². The van der Waals surface area contributed by atoms with Crippen molar-refractivity contribution in [3.05, 3.63) is 93.5 Å². The molecule has 8 heteroatoms. The van der Waals surface area contributed by atoms with Gasteiger partial charge in [-0.3, -0.25) is 15.5 Å². The highest BCUT2D eigenvalue weighted by molar-refractivity contribution is 5.81. The molecule has 0 saturated carbocycles. The van der Waals surface area contributed by atoms with Crippen molar-refractivity contribution < 1.29 is 14.4 Å². The summed E-state index contributed by atoms with van der Waals surface area (Å²) in [5.41, 5.74) is 5.62. The molecule has 0 radical (unpaired) electrons. The van der Waals surface area contributed by atoms with E-state index in [4.69, 9.17) is 9.47 Å². The quantitative estimate of drug-likeness (QED) is 0.302. The van der Waals surface area contributed by atoms with Crippen LogP contribution in [0.15, 0.2) is 71.8 Å². The second kappa shape index (κ2) is 10.4. The number of nitriles is 1. The van der Waals surface area contributed by atoms with Crippen molar-refractivity contribution in [2.45, 2.75) is 13.5 Å². The van der Waals surface area contributed by atoms with Crippen LogP contribution in [-0.2, 0) is 6.61 Å². The molecule has 0 fully saturated rings. The Labute approximate surface area is 179 Å². The van der Waals surface area contributed by atoms with Gasteiger partial charge in [-0.15, -0.1) is 0 Å². The molecule has 0 aromatic heterocycles. The lowest BCUT2D eigenvalue weighted by molar-refractivity contribution is -0.384. The molecule has 156 valence electrons. The second-order valence-electron chi connectivity index (χ2n) is 6.37. The average molecular weight is 416 g/mol. The van der Waals surface area contributed by atoms with Crippen LogP contribution >= 0.6 is 0 Å². The van der Waals surface area contributed by atoms with Crippen LogP contribution < -0.4 is 14.9 Å². The first kappa shape index (κ1) is 21.3. The van der Waals surface area contributed by atoms with Crippen molar-refractivity contribution in [2.24, 2.45) is 5.10 Å². The largest absolute Gasteiger partial charge is 0.490 e. The third kappa shape index (κ3) is 5.81. The number of nitrogens with zero attached hydrogens (tertiary/aromatic N) is 3. The summed E-state index contributed by atoms with van der Waals surface area (Å²) in [5.74, 6) is 1.13. The molecule has 1 N–H and O–H groups in total. The maximum Gasteiger partial charge on any atom is 0.269 e. The molecular formula is C23H20N4O4. The number of nitro groups is 1. The van der Waals surface area contributed by atoms with E-state index in [2.05, 4.69) is 16.6 Å². The Morgan fingerprint density at radius 3 is 2.58 bits per heavy atom. The third-order valence-electron chi connectivity index (χ3n) is 4.27. The number of non-ortho nitro benzene ring substituents is 1. The maximum absolute atomic E-state index is 10.7. The topological polar surface area (TPSA) is 110 Å². The number of nitro benzene ring substituents is 1. The van der Waals surface area contributed by atoms with Crippen LogP contribution in [-0.4, -0.2) is 17.7 Å². The molecule has 0 atom stereocenters. The van der Waals surface area contributed by atoms with E-state index in [1.165, 1.54) is 12.1 Å². The van der Waals surface area contributed by atoms with Crippen molar-refractivity contribution in [3.63, 3.8) is 0 Å². The summed E-state index contributed by atoms with van der Waals surface area (Å²) in [7, 11) is 0. The number of nitrogens with one attached hydrogen (secondary N) is 1. The van der Waals surface area contributed by atoms with Crippen molar-refractivity contribution >= 4 is 17.6 Å². The molecule has 8 nitrogen and oxygen atoms in total. The lowest BCUT2D eigenvalue weighted by Crippen LogP contribution is -2.02. The van der Waals surface area contributed by atoms with E-state index in [0.29, 0.717) is 29.4 Å². The Balaban J connectivity index is 1.68. The highest BCUT2D eigenvalue weighted by Gasteiger charge is 2.08. The van der Waals surface area contributed by atoms with Crippen LogP contribution in [0.5, 0.6) is 11.5 Å². The van der Waals surface area contributed by atoms with Gasteiger partial charge < -0.3 is 9.47 Å². The summed E-state index contributed by atoms with van der Waals surface area (Å²) >= 11 is 0. The van der Waals surface area contributed by atoms with E-state index in [9.17, 15) is 15.4 Å². The van der Waals surface area contributed by atoms with E-state index in [0.717, 1.165) is 11.1 Å². The minimum Gasteiger partial charge on any atom is -0.490 e. The standard InChI is InChI=1S/C23H20N4O4/c1-2-30-23-13-17(15-25-26-20-8-10-21(11-9-20)27(28)29)7-12-22(23)31-16-19-6-4-3-5-18(19)14-24/h3-13,15,26H,2,16H2,1H3. The molecule has 0 unspecified atom stereocenters. The number of anilines is 1. The van der Waals surface area contributed by atoms with E-state index in [1.807, 2.05) is 31.2 Å². The summed E-state index contributed by atoms with van der Waals surface area (Å²) in [6, 6.07) is 20.8. The molecule has 31 heavy (non-hydrogen) atoms. The highest BCUT2D eigenvalue weighted by atomic mass is 16.6. The lowest BCUT2D eigenvalue weighted by atomic mass is 10.1. The molecule has 0 heterocycles. The molecule has 0 spiro atoms. The summed E-state index contributed by atoms with van der Waals surface area (Å²) in [6.07, 6.45) is 1.61. The van der Waals surface area contributed by atoms with E-state index >= 15 is 0 Å². The first-order chi connectivity index (χ1) is 15.1.